The van der Waals surface area contributed by atoms with Crippen molar-refractivity contribution >= 4 is 23.2 Å². The molecular formula is C12H12NNaO4S. The van der Waals surface area contributed by atoms with E-state index in [0.717, 1.165) is 6.08 Å². The minimum absolute atomic E-state index is 0. The number of methoxy groups -OCH3 is 1. The molecule has 1 aromatic heterocycles. The van der Waals surface area contributed by atoms with Crippen LogP contribution in [0.4, 0.5) is 0 Å². The normalized spacial score (nSPS) is 10.8. The molecule has 0 spiro atoms. The number of carbonyl (C=O) groups is 1. The molecule has 0 aliphatic rings. The molecule has 1 atom stereocenters. The van der Waals surface area contributed by atoms with Crippen molar-refractivity contribution in [2.75, 3.05) is 7.11 Å². The maximum Gasteiger partial charge on any atom is 1.00 e. The second kappa shape index (κ2) is 9.09. The number of ether oxygens (including phenoxy) is 1. The van der Waals surface area contributed by atoms with Crippen LogP contribution in [0.15, 0.2) is 29.8 Å². The summed E-state index contributed by atoms with van der Waals surface area (Å²) >= 11 is 1.30. The van der Waals surface area contributed by atoms with Gasteiger partial charge in [-0.1, -0.05) is 6.58 Å². The van der Waals surface area contributed by atoms with Gasteiger partial charge in [0.2, 0.25) is 0 Å². The molecule has 1 rings (SSSR count). The van der Waals surface area contributed by atoms with Crippen molar-refractivity contribution < 1.29 is 49.0 Å². The standard InChI is InChI=1S/C12H13NO4S.Na/c1-8(3-5-14)13-12(17-2)9-4-6-18-10(9)7-11(15)16;/h3-4,6,12-13H,1,7H2,2H3,(H,15,16);/q;+1/p-1. The second-order valence-electron chi connectivity index (χ2n) is 3.40. The third-order valence-corrected chi connectivity index (χ3v) is 3.09. The van der Waals surface area contributed by atoms with E-state index < -0.39 is 12.2 Å². The van der Waals surface area contributed by atoms with Gasteiger partial charge in [0.1, 0.15) is 5.94 Å². The molecule has 19 heavy (non-hydrogen) atoms. The number of nitrogens with one attached hydrogen (secondary N) is 1. The minimum Gasteiger partial charge on any atom is -0.550 e. The molecule has 0 amide bonds. The van der Waals surface area contributed by atoms with E-state index in [-0.39, 0.29) is 36.0 Å². The molecule has 0 bridgehead atoms. The molecule has 0 radical (unpaired) electrons. The van der Waals surface area contributed by atoms with Crippen LogP contribution < -0.4 is 40.0 Å². The van der Waals surface area contributed by atoms with Gasteiger partial charge in [-0.15, -0.1) is 11.3 Å². The predicted octanol–water partition coefficient (Wildman–Crippen LogP) is -2.82. The Balaban J connectivity index is 0.00000324. The molecule has 0 saturated heterocycles. The summed E-state index contributed by atoms with van der Waals surface area (Å²) in [6.07, 6.45) is 0.393. The summed E-state index contributed by atoms with van der Waals surface area (Å²) in [6, 6.07) is 1.75. The fourth-order valence-electron chi connectivity index (χ4n) is 1.40. The topological polar surface area (TPSA) is 78.5 Å². The molecule has 1 unspecified atom stereocenters. The van der Waals surface area contributed by atoms with Crippen molar-refractivity contribution in [3.05, 3.63) is 40.2 Å². The van der Waals surface area contributed by atoms with Crippen LogP contribution in [-0.2, 0) is 20.7 Å². The molecule has 0 aromatic carbocycles. The van der Waals surface area contributed by atoms with Crippen molar-refractivity contribution in [2.24, 2.45) is 0 Å². The minimum atomic E-state index is -1.15. The van der Waals surface area contributed by atoms with Crippen LogP contribution in [-0.4, -0.2) is 19.0 Å². The Bertz CT molecular complexity index is 494. The van der Waals surface area contributed by atoms with Gasteiger partial charge in [-0.25, -0.2) is 4.79 Å². The van der Waals surface area contributed by atoms with E-state index in [1.807, 2.05) is 0 Å². The van der Waals surface area contributed by atoms with Gasteiger partial charge in [-0.3, -0.25) is 0 Å². The molecule has 5 nitrogen and oxygen atoms in total. The largest absolute Gasteiger partial charge is 1.00 e. The van der Waals surface area contributed by atoms with Crippen molar-refractivity contribution in [1.82, 2.24) is 5.32 Å². The Kier molecular flexibility index (Phi) is 8.67. The van der Waals surface area contributed by atoms with Crippen molar-refractivity contribution in [1.29, 1.82) is 0 Å². The number of hydrogen-bond donors (Lipinski definition) is 1. The fourth-order valence-corrected chi connectivity index (χ4v) is 2.29. The molecule has 1 heterocycles. The zero-order valence-electron chi connectivity index (χ0n) is 10.8. The van der Waals surface area contributed by atoms with E-state index in [0.29, 0.717) is 16.1 Å². The van der Waals surface area contributed by atoms with E-state index >= 15 is 0 Å². The average molecular weight is 289 g/mol. The monoisotopic (exact) mass is 289 g/mol. The summed E-state index contributed by atoms with van der Waals surface area (Å²) in [5, 5.41) is 15.2. The van der Waals surface area contributed by atoms with Crippen molar-refractivity contribution in [2.45, 2.75) is 12.6 Å². The zero-order valence-corrected chi connectivity index (χ0v) is 13.6. The third-order valence-electron chi connectivity index (χ3n) is 2.15. The van der Waals surface area contributed by atoms with E-state index in [1.54, 1.807) is 17.4 Å². The van der Waals surface area contributed by atoms with Gasteiger partial charge in [0.25, 0.3) is 0 Å². The van der Waals surface area contributed by atoms with Crippen LogP contribution in [0.1, 0.15) is 16.7 Å². The summed E-state index contributed by atoms with van der Waals surface area (Å²) in [4.78, 5) is 21.4. The van der Waals surface area contributed by atoms with Gasteiger partial charge in [0.05, 0.1) is 0 Å². The van der Waals surface area contributed by atoms with Crippen LogP contribution in [0.2, 0.25) is 0 Å². The first-order valence-corrected chi connectivity index (χ1v) is 5.91. The van der Waals surface area contributed by atoms with Crippen molar-refractivity contribution in [3.8, 4) is 0 Å². The molecule has 96 valence electrons. The first-order chi connectivity index (χ1) is 8.58. The Morgan fingerprint density at radius 2 is 2.42 bits per heavy atom. The second-order valence-corrected chi connectivity index (χ2v) is 4.40. The first-order valence-electron chi connectivity index (χ1n) is 5.03. The first kappa shape index (κ1) is 18.1. The number of hydrogen-bond acceptors (Lipinski definition) is 6. The summed E-state index contributed by atoms with van der Waals surface area (Å²) < 4.78 is 5.21. The third kappa shape index (κ3) is 5.74. The smallest absolute Gasteiger partial charge is 0.550 e. The number of aliphatic carboxylic acids is 1. The van der Waals surface area contributed by atoms with Crippen LogP contribution in [0.3, 0.4) is 0 Å². The number of carboxylic acids is 1. The number of thiophene rings is 1. The molecule has 0 aliphatic heterocycles. The number of allylic oxidation sites excluding steroid dienone is 1. The van der Waals surface area contributed by atoms with Gasteiger partial charge in [-0.2, -0.15) is 0 Å². The van der Waals surface area contributed by atoms with Crippen LogP contribution >= 0.6 is 11.3 Å². The van der Waals surface area contributed by atoms with Gasteiger partial charge in [0, 0.05) is 41.7 Å². The van der Waals surface area contributed by atoms with E-state index in [2.05, 4.69) is 11.9 Å². The Morgan fingerprint density at radius 3 is 2.95 bits per heavy atom. The molecule has 7 heteroatoms. The van der Waals surface area contributed by atoms with Crippen LogP contribution in [0, 0.1) is 0 Å². The van der Waals surface area contributed by atoms with Gasteiger partial charge < -0.3 is 20.0 Å². The summed E-state index contributed by atoms with van der Waals surface area (Å²) in [6.45, 7) is 3.60. The fraction of sp³-hybridized carbons (Fsp3) is 0.250. The predicted molar refractivity (Wildman–Crippen MR) is 65.3 cm³/mol. The number of carbonyl (C=O) groups excluding carboxylic acids is 2. The van der Waals surface area contributed by atoms with Gasteiger partial charge in [-0.05, 0) is 11.4 Å². The molecule has 0 aliphatic carbocycles. The van der Waals surface area contributed by atoms with E-state index in [1.165, 1.54) is 18.4 Å². The quantitative estimate of drug-likeness (QED) is 0.254. The summed E-state index contributed by atoms with van der Waals surface area (Å²) in [5.41, 5.74) is 1.02. The van der Waals surface area contributed by atoms with Crippen LogP contribution in [0.5, 0.6) is 0 Å². The molecule has 0 fully saturated rings. The average Bonchev–Trinajstić information content (AvgIpc) is 2.73. The molecule has 1 N–H and O–H groups in total. The molecule has 0 saturated carbocycles. The summed E-state index contributed by atoms with van der Waals surface area (Å²) in [7, 11) is 1.47. The Morgan fingerprint density at radius 1 is 1.74 bits per heavy atom. The zero-order chi connectivity index (χ0) is 13.5. The molecular weight excluding hydrogens is 277 g/mol. The van der Waals surface area contributed by atoms with E-state index in [9.17, 15) is 14.7 Å². The Hall–Kier alpha value is -0.880. The maximum absolute atomic E-state index is 10.6. The van der Waals surface area contributed by atoms with Crippen molar-refractivity contribution in [3.63, 3.8) is 0 Å². The van der Waals surface area contributed by atoms with Crippen LogP contribution in [0.25, 0.3) is 0 Å². The van der Waals surface area contributed by atoms with Gasteiger partial charge >= 0.3 is 29.6 Å². The Labute approximate surface area is 137 Å². The SMILES string of the molecule is C=C(C=C=O)NC(OC)c1ccsc1CC(=O)[O-].[Na+]. The van der Waals surface area contributed by atoms with E-state index in [4.69, 9.17) is 4.74 Å². The molecule has 1 aromatic rings. The van der Waals surface area contributed by atoms with Gasteiger partial charge in [0.15, 0.2) is 6.23 Å². The maximum atomic E-state index is 10.6. The number of carboxylic acid groups (broad SMARTS) is 1. The number of rotatable bonds is 7. The summed E-state index contributed by atoms with van der Waals surface area (Å²) in [5.74, 6) is 0.442.